The molecule has 1 aliphatic rings. The summed E-state index contributed by atoms with van der Waals surface area (Å²) in [6, 6.07) is 0.371. The molecule has 2 N–H and O–H groups in total. The third-order valence-electron chi connectivity index (χ3n) is 4.43. The van der Waals surface area contributed by atoms with Crippen molar-refractivity contribution in [3.05, 3.63) is 0 Å². The molecule has 3 heteroatoms. The standard InChI is InChI=1S/C15H30N2O/c1-11-6-8-12(9-7-11)17(5)14(18)10-13(16)15(2,3)4/h11-13H,6-10,16H2,1-5H3. The lowest BCUT2D eigenvalue weighted by Gasteiger charge is -2.35. The molecule has 0 bridgehead atoms. The van der Waals surface area contributed by atoms with Gasteiger partial charge in [0.2, 0.25) is 5.91 Å². The summed E-state index contributed by atoms with van der Waals surface area (Å²) in [4.78, 5) is 14.2. The van der Waals surface area contributed by atoms with Gasteiger partial charge < -0.3 is 10.6 Å². The fourth-order valence-corrected chi connectivity index (χ4v) is 2.47. The predicted octanol–water partition coefficient (Wildman–Crippen LogP) is 2.79. The SMILES string of the molecule is CC1CCC(N(C)C(=O)CC(N)C(C)(C)C)CC1. The van der Waals surface area contributed by atoms with Gasteiger partial charge in [-0.1, -0.05) is 27.7 Å². The van der Waals surface area contributed by atoms with Crippen LogP contribution in [0, 0.1) is 11.3 Å². The van der Waals surface area contributed by atoms with E-state index in [4.69, 9.17) is 5.73 Å². The van der Waals surface area contributed by atoms with Crippen LogP contribution in [0.25, 0.3) is 0 Å². The van der Waals surface area contributed by atoms with Crippen LogP contribution in [0.3, 0.4) is 0 Å². The molecule has 3 nitrogen and oxygen atoms in total. The molecule has 1 saturated carbocycles. The average Bonchev–Trinajstić information content (AvgIpc) is 2.27. The van der Waals surface area contributed by atoms with Gasteiger partial charge in [0, 0.05) is 25.6 Å². The second kappa shape index (κ2) is 6.05. The lowest BCUT2D eigenvalue weighted by Crippen LogP contribution is -2.44. The van der Waals surface area contributed by atoms with E-state index in [2.05, 4.69) is 27.7 Å². The van der Waals surface area contributed by atoms with Gasteiger partial charge in [-0.2, -0.15) is 0 Å². The first-order valence-electron chi connectivity index (χ1n) is 7.23. The summed E-state index contributed by atoms with van der Waals surface area (Å²) < 4.78 is 0. The van der Waals surface area contributed by atoms with Crippen molar-refractivity contribution in [1.29, 1.82) is 0 Å². The molecule has 0 heterocycles. The summed E-state index contributed by atoms with van der Waals surface area (Å²) in [5.74, 6) is 1.03. The Bertz CT molecular complexity index is 275. The Morgan fingerprint density at radius 3 is 2.22 bits per heavy atom. The monoisotopic (exact) mass is 254 g/mol. The van der Waals surface area contributed by atoms with Crippen LogP contribution >= 0.6 is 0 Å². The third-order valence-corrected chi connectivity index (χ3v) is 4.43. The Labute approximate surface area is 112 Å². The van der Waals surface area contributed by atoms with Gasteiger partial charge in [-0.15, -0.1) is 0 Å². The van der Waals surface area contributed by atoms with Crippen LogP contribution in [0.1, 0.15) is 59.8 Å². The molecule has 0 aromatic heterocycles. The normalized spacial score (nSPS) is 26.8. The maximum atomic E-state index is 12.2. The summed E-state index contributed by atoms with van der Waals surface area (Å²) in [7, 11) is 1.94. The number of carbonyl (C=O) groups is 1. The fourth-order valence-electron chi connectivity index (χ4n) is 2.47. The summed E-state index contributed by atoms with van der Waals surface area (Å²) in [5, 5.41) is 0. The van der Waals surface area contributed by atoms with Crippen LogP contribution in [0.5, 0.6) is 0 Å². The Morgan fingerprint density at radius 2 is 1.78 bits per heavy atom. The van der Waals surface area contributed by atoms with E-state index in [1.165, 1.54) is 12.8 Å². The van der Waals surface area contributed by atoms with E-state index < -0.39 is 0 Å². The molecule has 1 aliphatic carbocycles. The molecule has 1 rings (SSSR count). The molecule has 1 unspecified atom stereocenters. The van der Waals surface area contributed by atoms with Crippen LogP contribution in [0.4, 0.5) is 0 Å². The van der Waals surface area contributed by atoms with Crippen molar-refractivity contribution in [2.45, 2.75) is 71.9 Å². The third kappa shape index (κ3) is 4.27. The number of hydrogen-bond donors (Lipinski definition) is 1. The van der Waals surface area contributed by atoms with Gasteiger partial charge in [0.25, 0.3) is 0 Å². The van der Waals surface area contributed by atoms with Crippen molar-refractivity contribution >= 4 is 5.91 Å². The van der Waals surface area contributed by atoms with Crippen molar-refractivity contribution < 1.29 is 4.79 Å². The van der Waals surface area contributed by atoms with Crippen molar-refractivity contribution in [2.75, 3.05) is 7.05 Å². The van der Waals surface area contributed by atoms with Gasteiger partial charge in [0.05, 0.1) is 0 Å². The molecule has 18 heavy (non-hydrogen) atoms. The number of nitrogens with zero attached hydrogens (tertiary/aromatic N) is 1. The molecule has 0 aromatic carbocycles. The van der Waals surface area contributed by atoms with Gasteiger partial charge in [-0.25, -0.2) is 0 Å². The number of rotatable bonds is 3. The summed E-state index contributed by atoms with van der Waals surface area (Å²) in [5.41, 5.74) is 6.09. The van der Waals surface area contributed by atoms with Crippen LogP contribution in [-0.4, -0.2) is 29.9 Å². The van der Waals surface area contributed by atoms with E-state index in [0.29, 0.717) is 12.5 Å². The first-order valence-corrected chi connectivity index (χ1v) is 7.23. The van der Waals surface area contributed by atoms with E-state index in [1.54, 1.807) is 0 Å². The van der Waals surface area contributed by atoms with E-state index in [9.17, 15) is 4.79 Å². The average molecular weight is 254 g/mol. The predicted molar refractivity (Wildman–Crippen MR) is 76.2 cm³/mol. The molecule has 106 valence electrons. The van der Waals surface area contributed by atoms with Crippen molar-refractivity contribution in [1.82, 2.24) is 4.90 Å². The molecule has 0 radical (unpaired) electrons. The van der Waals surface area contributed by atoms with Gasteiger partial charge in [0.1, 0.15) is 0 Å². The largest absolute Gasteiger partial charge is 0.343 e. The highest BCUT2D eigenvalue weighted by molar-refractivity contribution is 5.77. The molecular weight excluding hydrogens is 224 g/mol. The maximum Gasteiger partial charge on any atom is 0.224 e. The maximum absolute atomic E-state index is 12.2. The minimum Gasteiger partial charge on any atom is -0.343 e. The zero-order valence-electron chi connectivity index (χ0n) is 12.7. The summed E-state index contributed by atoms with van der Waals surface area (Å²) in [6.45, 7) is 8.57. The minimum atomic E-state index is -0.0602. The highest BCUT2D eigenvalue weighted by atomic mass is 16.2. The highest BCUT2D eigenvalue weighted by Gasteiger charge is 2.28. The zero-order valence-corrected chi connectivity index (χ0v) is 12.7. The molecule has 1 fully saturated rings. The Hall–Kier alpha value is -0.570. The molecule has 0 spiro atoms. The van der Waals surface area contributed by atoms with Crippen LogP contribution in [0.15, 0.2) is 0 Å². The van der Waals surface area contributed by atoms with Crippen LogP contribution in [0.2, 0.25) is 0 Å². The van der Waals surface area contributed by atoms with Gasteiger partial charge in [-0.3, -0.25) is 4.79 Å². The number of carbonyl (C=O) groups excluding carboxylic acids is 1. The summed E-state index contributed by atoms with van der Waals surface area (Å²) in [6.07, 6.45) is 5.25. The second-order valence-corrected chi connectivity index (χ2v) is 7.09. The first-order chi connectivity index (χ1) is 8.21. The smallest absolute Gasteiger partial charge is 0.224 e. The zero-order chi connectivity index (χ0) is 13.9. The quantitative estimate of drug-likeness (QED) is 0.842. The van der Waals surface area contributed by atoms with Gasteiger partial charge >= 0.3 is 0 Å². The number of nitrogens with two attached hydrogens (primary N) is 1. The second-order valence-electron chi connectivity index (χ2n) is 7.09. The topological polar surface area (TPSA) is 46.3 Å². The lowest BCUT2D eigenvalue weighted by molar-refractivity contribution is -0.133. The van der Waals surface area contributed by atoms with Gasteiger partial charge in [0.15, 0.2) is 0 Å². The molecular formula is C15H30N2O. The van der Waals surface area contributed by atoms with Crippen LogP contribution in [-0.2, 0) is 4.79 Å². The molecule has 0 aromatic rings. The first kappa shape index (κ1) is 15.5. The molecule has 1 amide bonds. The number of hydrogen-bond acceptors (Lipinski definition) is 2. The fraction of sp³-hybridized carbons (Fsp3) is 0.933. The van der Waals surface area contributed by atoms with Gasteiger partial charge in [-0.05, 0) is 37.0 Å². The molecule has 0 saturated heterocycles. The Kier molecular flexibility index (Phi) is 5.20. The van der Waals surface area contributed by atoms with Crippen molar-refractivity contribution in [3.8, 4) is 0 Å². The van der Waals surface area contributed by atoms with Crippen LogP contribution < -0.4 is 5.73 Å². The highest BCUT2D eigenvalue weighted by Crippen LogP contribution is 2.27. The van der Waals surface area contributed by atoms with Crippen molar-refractivity contribution in [3.63, 3.8) is 0 Å². The summed E-state index contributed by atoms with van der Waals surface area (Å²) >= 11 is 0. The molecule has 1 atom stereocenters. The van der Waals surface area contributed by atoms with E-state index in [1.807, 2.05) is 11.9 Å². The van der Waals surface area contributed by atoms with E-state index >= 15 is 0 Å². The molecule has 0 aliphatic heterocycles. The van der Waals surface area contributed by atoms with E-state index in [-0.39, 0.29) is 17.4 Å². The Morgan fingerprint density at radius 1 is 1.28 bits per heavy atom. The lowest BCUT2D eigenvalue weighted by atomic mass is 9.84. The van der Waals surface area contributed by atoms with E-state index in [0.717, 1.165) is 18.8 Å². The minimum absolute atomic E-state index is 0.00240. The number of amides is 1. The van der Waals surface area contributed by atoms with Crippen molar-refractivity contribution in [2.24, 2.45) is 17.1 Å². The Balaban J connectivity index is 2.46.